The van der Waals surface area contributed by atoms with Gasteiger partial charge in [-0.2, -0.15) is 0 Å². The van der Waals surface area contributed by atoms with E-state index in [-0.39, 0.29) is 30.6 Å². The third-order valence-corrected chi connectivity index (χ3v) is 6.94. The number of likely N-dealkylation sites (tertiary alicyclic amines) is 1. The van der Waals surface area contributed by atoms with Crippen LogP contribution in [0.15, 0.2) is 30.3 Å². The van der Waals surface area contributed by atoms with Gasteiger partial charge in [0.15, 0.2) is 11.6 Å². The van der Waals surface area contributed by atoms with E-state index < -0.39 is 0 Å². The molecule has 0 spiro atoms. The third kappa shape index (κ3) is 5.44. The smallest absolute Gasteiger partial charge is 0.162 e. The van der Waals surface area contributed by atoms with Crippen LogP contribution in [0.4, 0.5) is 5.82 Å². The lowest BCUT2D eigenvalue weighted by molar-refractivity contribution is 0.122. The molecule has 0 bridgehead atoms. The van der Waals surface area contributed by atoms with Gasteiger partial charge >= 0.3 is 0 Å². The molecular formula is C22H29Cl2N5O2S. The first-order valence-corrected chi connectivity index (χ1v) is 11.4. The van der Waals surface area contributed by atoms with Gasteiger partial charge in [0.05, 0.1) is 23.4 Å². The van der Waals surface area contributed by atoms with Gasteiger partial charge in [-0.15, -0.1) is 36.2 Å². The topological polar surface area (TPSA) is 87.7 Å². The van der Waals surface area contributed by atoms with E-state index in [1.165, 1.54) is 4.88 Å². The summed E-state index contributed by atoms with van der Waals surface area (Å²) < 4.78 is 6.68. The van der Waals surface area contributed by atoms with Gasteiger partial charge in [-0.1, -0.05) is 12.1 Å². The number of hydrogen-bond donors (Lipinski definition) is 2. The quantitative estimate of drug-likeness (QED) is 0.568. The summed E-state index contributed by atoms with van der Waals surface area (Å²) in [5.41, 5.74) is 7.85. The number of nitrogens with two attached hydrogens (primary N) is 1. The zero-order chi connectivity index (χ0) is 20.5. The predicted molar refractivity (Wildman–Crippen MR) is 135 cm³/mol. The van der Waals surface area contributed by atoms with Gasteiger partial charge < -0.3 is 20.5 Å². The van der Waals surface area contributed by atoms with E-state index in [1.54, 1.807) is 23.5 Å². The highest BCUT2D eigenvalue weighted by Crippen LogP contribution is 2.35. The van der Waals surface area contributed by atoms with Crippen LogP contribution in [0.25, 0.3) is 21.6 Å². The molecule has 32 heavy (non-hydrogen) atoms. The summed E-state index contributed by atoms with van der Waals surface area (Å²) in [4.78, 5) is 15.9. The Labute approximate surface area is 204 Å². The number of nitrogens with zero attached hydrogens (tertiary/aromatic N) is 4. The van der Waals surface area contributed by atoms with Crippen LogP contribution in [0.1, 0.15) is 17.7 Å². The van der Waals surface area contributed by atoms with Crippen molar-refractivity contribution in [1.82, 2.24) is 14.9 Å². The maximum Gasteiger partial charge on any atom is 0.162 e. The molecule has 2 aliphatic rings. The fourth-order valence-electron chi connectivity index (χ4n) is 4.14. The number of halogens is 2. The van der Waals surface area contributed by atoms with Gasteiger partial charge in [0.2, 0.25) is 0 Å². The first-order chi connectivity index (χ1) is 14.7. The fraction of sp³-hybridized carbons (Fsp3) is 0.455. The van der Waals surface area contributed by atoms with Crippen LogP contribution in [0.3, 0.4) is 0 Å². The van der Waals surface area contributed by atoms with E-state index in [9.17, 15) is 5.11 Å². The maximum absolute atomic E-state index is 9.92. The summed E-state index contributed by atoms with van der Waals surface area (Å²) in [6, 6.07) is 9.69. The number of thiophene rings is 1. The van der Waals surface area contributed by atoms with E-state index in [0.717, 1.165) is 67.2 Å². The van der Waals surface area contributed by atoms with Crippen molar-refractivity contribution in [1.29, 1.82) is 0 Å². The van der Waals surface area contributed by atoms with Crippen molar-refractivity contribution in [2.45, 2.75) is 25.4 Å². The Morgan fingerprint density at radius 1 is 1.06 bits per heavy atom. The average Bonchev–Trinajstić information content (AvgIpc) is 3.17. The van der Waals surface area contributed by atoms with E-state index in [0.29, 0.717) is 25.1 Å². The highest BCUT2D eigenvalue weighted by molar-refractivity contribution is 7.19. The molecule has 0 radical (unpaired) electrons. The number of phenolic OH excluding ortho intramolecular Hbond substituents is 1. The van der Waals surface area contributed by atoms with Crippen LogP contribution in [0.2, 0.25) is 0 Å². The van der Waals surface area contributed by atoms with Crippen LogP contribution in [-0.2, 0) is 11.3 Å². The van der Waals surface area contributed by atoms with Crippen molar-refractivity contribution in [3.05, 3.63) is 35.2 Å². The van der Waals surface area contributed by atoms with Crippen LogP contribution < -0.4 is 10.6 Å². The molecule has 0 amide bonds. The molecule has 2 aromatic heterocycles. The lowest BCUT2D eigenvalue weighted by Crippen LogP contribution is -2.39. The van der Waals surface area contributed by atoms with Crippen LogP contribution in [0, 0.1) is 0 Å². The number of piperidine rings is 1. The van der Waals surface area contributed by atoms with Crippen molar-refractivity contribution < 1.29 is 9.84 Å². The Morgan fingerprint density at radius 3 is 2.53 bits per heavy atom. The molecule has 3 aromatic rings. The molecule has 10 heteroatoms. The summed E-state index contributed by atoms with van der Waals surface area (Å²) in [5.74, 6) is 1.84. The number of rotatable bonds is 4. The number of anilines is 1. The maximum atomic E-state index is 9.92. The van der Waals surface area contributed by atoms with Crippen molar-refractivity contribution in [2.24, 2.45) is 5.73 Å². The van der Waals surface area contributed by atoms with Crippen molar-refractivity contribution in [3.63, 3.8) is 0 Å². The molecule has 0 aliphatic carbocycles. The molecule has 3 N–H and O–H groups in total. The molecule has 0 unspecified atom stereocenters. The number of ether oxygens (including phenoxy) is 1. The van der Waals surface area contributed by atoms with Crippen molar-refractivity contribution >= 4 is 52.2 Å². The molecule has 2 saturated heterocycles. The normalized spacial score (nSPS) is 17.7. The lowest BCUT2D eigenvalue weighted by atomic mass is 10.1. The molecule has 0 saturated carbocycles. The van der Waals surface area contributed by atoms with Crippen molar-refractivity contribution in [2.75, 3.05) is 44.3 Å². The number of hydrogen-bond acceptors (Lipinski definition) is 8. The summed E-state index contributed by atoms with van der Waals surface area (Å²) in [5, 5.41) is 9.92. The minimum absolute atomic E-state index is 0. The van der Waals surface area contributed by atoms with Gasteiger partial charge in [-0.25, -0.2) is 9.97 Å². The summed E-state index contributed by atoms with van der Waals surface area (Å²) in [6.07, 6.45) is 2.12. The molecular weight excluding hydrogens is 469 g/mol. The highest BCUT2D eigenvalue weighted by Gasteiger charge is 2.22. The van der Waals surface area contributed by atoms with E-state index in [4.69, 9.17) is 20.4 Å². The van der Waals surface area contributed by atoms with Crippen LogP contribution >= 0.6 is 36.2 Å². The number of benzene rings is 1. The average molecular weight is 498 g/mol. The number of aromatic nitrogens is 2. The second kappa shape index (κ2) is 11.0. The van der Waals surface area contributed by atoms with Gasteiger partial charge in [-0.3, -0.25) is 4.90 Å². The fourth-order valence-corrected chi connectivity index (χ4v) is 5.29. The summed E-state index contributed by atoms with van der Waals surface area (Å²) >= 11 is 1.79. The van der Waals surface area contributed by atoms with Gasteiger partial charge in [0.1, 0.15) is 5.75 Å². The van der Waals surface area contributed by atoms with Crippen LogP contribution in [-0.4, -0.2) is 65.4 Å². The SMILES string of the molecule is Cl.Cl.NC1CCN(Cc2cc3nc(-c4cccc(O)c4)nc(N4CCOCC4)c3s2)CC1. The molecule has 2 aliphatic heterocycles. The number of phenols is 1. The second-order valence-electron chi connectivity index (χ2n) is 8.06. The second-order valence-corrected chi connectivity index (χ2v) is 9.20. The minimum Gasteiger partial charge on any atom is -0.508 e. The van der Waals surface area contributed by atoms with E-state index in [2.05, 4.69) is 15.9 Å². The Hall–Kier alpha value is -1.68. The molecule has 5 rings (SSSR count). The summed E-state index contributed by atoms with van der Waals surface area (Å²) in [7, 11) is 0. The number of morpholine rings is 1. The summed E-state index contributed by atoms with van der Waals surface area (Å²) in [6.45, 7) is 6.08. The van der Waals surface area contributed by atoms with E-state index in [1.807, 2.05) is 12.1 Å². The van der Waals surface area contributed by atoms with E-state index >= 15 is 0 Å². The van der Waals surface area contributed by atoms with Gasteiger partial charge in [-0.05, 0) is 44.1 Å². The predicted octanol–water partition coefficient (Wildman–Crippen LogP) is 3.67. The highest BCUT2D eigenvalue weighted by atomic mass is 35.5. The Bertz CT molecular complexity index is 1040. The Kier molecular flexibility index (Phi) is 8.55. The Balaban J connectivity index is 0.00000144. The standard InChI is InChI=1S/C22H27N5O2S.2ClH/c23-16-4-6-26(7-5-16)14-18-13-19-20(30-18)22(27-8-10-29-11-9-27)25-21(24-19)15-2-1-3-17(28)12-15;;/h1-3,12-13,16,28H,4-11,14,23H2;2*1H. The van der Waals surface area contributed by atoms with Crippen molar-refractivity contribution in [3.8, 4) is 17.1 Å². The monoisotopic (exact) mass is 497 g/mol. The number of aromatic hydroxyl groups is 1. The molecule has 4 heterocycles. The molecule has 174 valence electrons. The molecule has 0 atom stereocenters. The van der Waals surface area contributed by atoms with Gasteiger partial charge in [0.25, 0.3) is 0 Å². The molecule has 7 nitrogen and oxygen atoms in total. The molecule has 1 aromatic carbocycles. The number of fused-ring (bicyclic) bond motifs is 1. The first kappa shape index (κ1) is 25.0. The first-order valence-electron chi connectivity index (χ1n) is 10.6. The zero-order valence-electron chi connectivity index (χ0n) is 17.8. The molecule has 2 fully saturated rings. The Morgan fingerprint density at radius 2 is 1.81 bits per heavy atom. The van der Waals surface area contributed by atoms with Gasteiger partial charge in [0, 0.05) is 36.1 Å². The minimum atomic E-state index is 0. The third-order valence-electron chi connectivity index (χ3n) is 5.83. The zero-order valence-corrected chi connectivity index (χ0v) is 20.2. The van der Waals surface area contributed by atoms with Crippen LogP contribution in [0.5, 0.6) is 5.75 Å². The largest absolute Gasteiger partial charge is 0.508 e. The lowest BCUT2D eigenvalue weighted by Gasteiger charge is -2.29.